The van der Waals surface area contributed by atoms with Crippen molar-refractivity contribution in [3.63, 3.8) is 0 Å². The first-order valence-electron chi connectivity index (χ1n) is 16.8. The molecule has 5 aromatic rings. The molecular formula is C38H38BrCl3N6O6S. The Labute approximate surface area is 340 Å². The molecule has 0 atom stereocenters. The molecule has 12 nitrogen and oxygen atoms in total. The summed E-state index contributed by atoms with van der Waals surface area (Å²) in [4.78, 5) is 55.3. The molecule has 0 bridgehead atoms. The van der Waals surface area contributed by atoms with E-state index in [1.807, 2.05) is 0 Å². The van der Waals surface area contributed by atoms with Gasteiger partial charge in [-0.2, -0.15) is 5.26 Å². The summed E-state index contributed by atoms with van der Waals surface area (Å²) in [6.45, 7) is 10.9. The van der Waals surface area contributed by atoms with Gasteiger partial charge in [0.25, 0.3) is 16.7 Å². The van der Waals surface area contributed by atoms with E-state index in [0.717, 1.165) is 5.69 Å². The Morgan fingerprint density at radius 2 is 1.45 bits per heavy atom. The van der Waals surface area contributed by atoms with Gasteiger partial charge in [0, 0.05) is 62.8 Å². The Bertz CT molecular complexity index is 2650. The van der Waals surface area contributed by atoms with E-state index in [0.29, 0.717) is 78.3 Å². The number of rotatable bonds is 9. The van der Waals surface area contributed by atoms with Gasteiger partial charge in [-0.3, -0.25) is 19.2 Å². The smallest absolute Gasteiger partial charge is 0.267 e. The van der Waals surface area contributed by atoms with Gasteiger partial charge in [-0.05, 0) is 89.3 Å². The van der Waals surface area contributed by atoms with Gasteiger partial charge in [0.15, 0.2) is 5.78 Å². The maximum absolute atomic E-state index is 13.5. The van der Waals surface area contributed by atoms with Crippen molar-refractivity contribution in [3.8, 4) is 6.07 Å². The number of Topliss-reactive ketones (excluding diaryl/α,β-unsaturated/α-hetero) is 1. The summed E-state index contributed by atoms with van der Waals surface area (Å²) in [5.41, 5.74) is 8.76. The molecule has 0 spiro atoms. The number of pyridine rings is 3. The van der Waals surface area contributed by atoms with Crippen LogP contribution in [0.15, 0.2) is 68.0 Å². The number of hydrogen-bond acceptors (Lipinski definition) is 8. The second-order valence-corrected chi connectivity index (χ2v) is 17.4. The molecule has 4 aromatic heterocycles. The lowest BCUT2D eigenvalue weighted by Crippen LogP contribution is -2.28. The number of fused-ring (bicyclic) bond motifs is 1. The number of hydrogen-bond donors (Lipinski definition) is 4. The summed E-state index contributed by atoms with van der Waals surface area (Å²) in [6.07, 6.45) is 5.05. The summed E-state index contributed by atoms with van der Waals surface area (Å²) in [7, 11) is -3.67. The van der Waals surface area contributed by atoms with Gasteiger partial charge >= 0.3 is 0 Å². The minimum atomic E-state index is -3.67. The number of aromatic amines is 3. The van der Waals surface area contributed by atoms with Crippen LogP contribution in [0.3, 0.4) is 0 Å². The van der Waals surface area contributed by atoms with Crippen molar-refractivity contribution in [2.45, 2.75) is 71.1 Å². The molecule has 55 heavy (non-hydrogen) atoms. The molecule has 1 fully saturated rings. The number of nitrogens with zero attached hydrogens (tertiary/aromatic N) is 2. The number of aryl methyl sites for hydroxylation is 4. The zero-order valence-corrected chi connectivity index (χ0v) is 35.0. The van der Waals surface area contributed by atoms with Gasteiger partial charge in [0.2, 0.25) is 10.0 Å². The number of ketones is 1. The molecule has 5 N–H and O–H groups in total. The average Bonchev–Trinajstić information content (AvgIpc) is 3.80. The molecule has 4 heterocycles. The second kappa shape index (κ2) is 17.7. The molecule has 1 aromatic carbocycles. The average molecular weight is 893 g/mol. The first kappa shape index (κ1) is 43.5. The number of carbonyl (C=O) groups excluding carboxylic acids is 1. The van der Waals surface area contributed by atoms with Gasteiger partial charge < -0.3 is 20.7 Å². The SMILES string of the molecule is C=CCC1(S(=O)(=O)n2cc(C)c3c(C(=O)CCc4c(Cl)cc(C)[nH]c4=O)cc(Br)cc32)CC1.Cc1cc(Cl)c(C#N)c(=O)[nH]1.Cc1cc(Cl)c(CN)c(=O)[nH]1. The number of nitrogens with one attached hydrogen (secondary N) is 3. The van der Waals surface area contributed by atoms with E-state index >= 15 is 0 Å². The van der Waals surface area contributed by atoms with Crippen LogP contribution in [0, 0.1) is 39.0 Å². The lowest BCUT2D eigenvalue weighted by atomic mass is 9.99. The number of benzene rings is 1. The molecule has 17 heteroatoms. The van der Waals surface area contributed by atoms with E-state index < -0.39 is 20.3 Å². The highest BCUT2D eigenvalue weighted by atomic mass is 79.9. The number of halogens is 4. The van der Waals surface area contributed by atoms with Crippen LogP contribution in [0.1, 0.15) is 75.4 Å². The molecule has 0 amide bonds. The minimum absolute atomic E-state index is 0.0303. The molecule has 1 aliphatic carbocycles. The maximum atomic E-state index is 13.5. The van der Waals surface area contributed by atoms with Crippen LogP contribution in [0.25, 0.3) is 10.9 Å². The minimum Gasteiger partial charge on any atom is -0.326 e. The van der Waals surface area contributed by atoms with E-state index in [1.165, 1.54) is 3.97 Å². The zero-order valence-electron chi connectivity index (χ0n) is 30.3. The first-order chi connectivity index (χ1) is 25.8. The van der Waals surface area contributed by atoms with E-state index in [2.05, 4.69) is 37.5 Å². The van der Waals surface area contributed by atoms with Crippen LogP contribution < -0.4 is 22.4 Å². The van der Waals surface area contributed by atoms with Crippen molar-refractivity contribution in [2.75, 3.05) is 0 Å². The number of allylic oxidation sites excluding steroid dienone is 1. The summed E-state index contributed by atoms with van der Waals surface area (Å²) >= 11 is 21.0. The zero-order chi connectivity index (χ0) is 41.0. The number of nitriles is 1. The topological polar surface area (TPSA) is 205 Å². The number of nitrogens with two attached hydrogens (primary N) is 1. The fraction of sp³-hybridized carbons (Fsp3) is 0.289. The van der Waals surface area contributed by atoms with Crippen LogP contribution >= 0.6 is 50.7 Å². The van der Waals surface area contributed by atoms with Crippen molar-refractivity contribution < 1.29 is 13.2 Å². The normalized spacial score (nSPS) is 12.9. The molecule has 0 radical (unpaired) electrons. The first-order valence-corrected chi connectivity index (χ1v) is 20.1. The summed E-state index contributed by atoms with van der Waals surface area (Å²) in [5, 5.41) is 10.0. The van der Waals surface area contributed by atoms with Gasteiger partial charge in [0.05, 0.1) is 25.3 Å². The Morgan fingerprint density at radius 1 is 0.927 bits per heavy atom. The molecule has 290 valence electrons. The standard InChI is InChI=1S/C24H24BrClN2O4S.C7H9ClN2O.C7H5ClN2O/c1-4-7-24(8-9-24)33(31,32)28-13-14(2)22-18(11-16(25)12-20(22)28)21(29)6-5-17-19(26)10-15(3)27-23(17)30;2*1-4-2-6(8)5(3-9)7(11)10-4/h4,10-13H,1,5-9H2,2-3H3,(H,27,30);2H,3,9H2,1H3,(H,10,11);2H,1H3,(H,10,11). The fourth-order valence-corrected chi connectivity index (χ4v) is 9.46. The Balaban J connectivity index is 0.000000248. The van der Waals surface area contributed by atoms with Crippen molar-refractivity contribution in [2.24, 2.45) is 5.73 Å². The molecule has 1 saturated carbocycles. The second-order valence-electron chi connectivity index (χ2n) is 13.1. The molecule has 6 rings (SSSR count). The Kier molecular flexibility index (Phi) is 14.0. The third kappa shape index (κ3) is 9.60. The predicted octanol–water partition coefficient (Wildman–Crippen LogP) is 7.47. The Hall–Kier alpha value is -4.23. The van der Waals surface area contributed by atoms with E-state index in [4.69, 9.17) is 45.8 Å². The molecule has 1 aliphatic rings. The number of aromatic nitrogens is 4. The molecule has 0 saturated heterocycles. The van der Waals surface area contributed by atoms with E-state index in [-0.39, 0.29) is 46.9 Å². The summed E-state index contributed by atoms with van der Waals surface area (Å²) < 4.78 is 28.1. The van der Waals surface area contributed by atoms with Gasteiger partial charge in [0.1, 0.15) is 11.6 Å². The lowest BCUT2D eigenvalue weighted by Gasteiger charge is -2.16. The van der Waals surface area contributed by atoms with Gasteiger partial charge in [-0.1, -0.05) is 56.8 Å². The number of H-pyrrole nitrogens is 3. The van der Waals surface area contributed by atoms with E-state index in [9.17, 15) is 27.6 Å². The van der Waals surface area contributed by atoms with Crippen molar-refractivity contribution in [3.05, 3.63) is 145 Å². The van der Waals surface area contributed by atoms with Crippen LogP contribution in [0.4, 0.5) is 0 Å². The highest BCUT2D eigenvalue weighted by molar-refractivity contribution is 9.10. The highest BCUT2D eigenvalue weighted by Crippen LogP contribution is 2.49. The van der Waals surface area contributed by atoms with Crippen LogP contribution in [0.2, 0.25) is 15.1 Å². The predicted molar refractivity (Wildman–Crippen MR) is 221 cm³/mol. The Morgan fingerprint density at radius 3 is 1.93 bits per heavy atom. The fourth-order valence-electron chi connectivity index (χ4n) is 5.99. The summed E-state index contributed by atoms with van der Waals surface area (Å²) in [5.74, 6) is -0.192. The number of carbonyl (C=O) groups is 1. The van der Waals surface area contributed by atoms with Crippen molar-refractivity contribution in [1.29, 1.82) is 5.26 Å². The maximum Gasteiger partial charge on any atom is 0.267 e. The molecule has 0 unspecified atom stereocenters. The molecule has 0 aliphatic heterocycles. The van der Waals surface area contributed by atoms with Gasteiger partial charge in [-0.15, -0.1) is 6.58 Å². The third-order valence-corrected chi connectivity index (χ3v) is 12.8. The quantitative estimate of drug-likeness (QED) is 0.0861. The van der Waals surface area contributed by atoms with Crippen LogP contribution in [-0.2, 0) is 23.0 Å². The third-order valence-electron chi connectivity index (χ3n) is 8.93. The van der Waals surface area contributed by atoms with Crippen molar-refractivity contribution in [1.82, 2.24) is 18.9 Å². The van der Waals surface area contributed by atoms with E-state index in [1.54, 1.807) is 76.4 Å². The van der Waals surface area contributed by atoms with Crippen LogP contribution in [-0.4, -0.2) is 37.9 Å². The molecular weight excluding hydrogens is 855 g/mol. The highest BCUT2D eigenvalue weighted by Gasteiger charge is 2.54. The van der Waals surface area contributed by atoms with Gasteiger partial charge in [-0.25, -0.2) is 12.4 Å². The largest absolute Gasteiger partial charge is 0.326 e. The van der Waals surface area contributed by atoms with Crippen LogP contribution in [0.5, 0.6) is 0 Å². The summed E-state index contributed by atoms with van der Waals surface area (Å²) in [6, 6.07) is 10.0. The monoisotopic (exact) mass is 890 g/mol. The van der Waals surface area contributed by atoms with Crippen molar-refractivity contribution >= 4 is 77.4 Å². The lowest BCUT2D eigenvalue weighted by molar-refractivity contribution is 0.0984.